The van der Waals surface area contributed by atoms with Crippen LogP contribution in [-0.2, 0) is 22.6 Å². The fourth-order valence-corrected chi connectivity index (χ4v) is 6.11. The first kappa shape index (κ1) is 30.1. The van der Waals surface area contributed by atoms with Crippen molar-refractivity contribution in [1.29, 1.82) is 0 Å². The maximum Gasteiger partial charge on any atom is 0.245 e. The normalized spacial score (nSPS) is 17.8. The smallest absolute Gasteiger partial charge is 0.245 e. The lowest BCUT2D eigenvalue weighted by Gasteiger charge is -2.31. The number of carbonyl (C=O) groups excluding carboxylic acids is 3. The van der Waals surface area contributed by atoms with Crippen LogP contribution < -0.4 is 5.32 Å². The lowest BCUT2D eigenvalue weighted by Crippen LogP contribution is -2.50. The van der Waals surface area contributed by atoms with Crippen LogP contribution in [-0.4, -0.2) is 60.9 Å². The number of ketones is 1. The van der Waals surface area contributed by atoms with Gasteiger partial charge in [0.1, 0.15) is 24.1 Å². The minimum atomic E-state index is -0.572. The van der Waals surface area contributed by atoms with Gasteiger partial charge in [-0.05, 0) is 74.3 Å². The summed E-state index contributed by atoms with van der Waals surface area (Å²) in [5.74, 6) is 0.166. The summed E-state index contributed by atoms with van der Waals surface area (Å²) in [6.45, 7) is 11.9. The van der Waals surface area contributed by atoms with Crippen molar-refractivity contribution in [2.45, 2.75) is 79.4 Å². The molecule has 9 nitrogen and oxygen atoms in total. The van der Waals surface area contributed by atoms with Crippen LogP contribution in [0.4, 0.5) is 0 Å². The van der Waals surface area contributed by atoms with Gasteiger partial charge in [-0.3, -0.25) is 19.1 Å². The molecule has 2 aromatic carbocycles. The van der Waals surface area contributed by atoms with Crippen LogP contribution in [0.2, 0.25) is 0 Å². The number of aromatic nitrogens is 4. The molecule has 2 atom stereocenters. The summed E-state index contributed by atoms with van der Waals surface area (Å²) in [4.78, 5) is 50.4. The molecule has 5 rings (SSSR count). The van der Waals surface area contributed by atoms with Crippen molar-refractivity contribution in [2.75, 3.05) is 6.54 Å². The molecular weight excluding hydrogens is 540 g/mol. The van der Waals surface area contributed by atoms with Gasteiger partial charge in [0, 0.05) is 42.9 Å². The molecule has 1 N–H and O–H groups in total. The number of aryl methyl sites for hydroxylation is 3. The predicted octanol–water partition coefficient (Wildman–Crippen LogP) is 5.08. The van der Waals surface area contributed by atoms with E-state index in [1.807, 2.05) is 51.1 Å². The molecule has 2 aromatic heterocycles. The molecule has 4 aromatic rings. The van der Waals surface area contributed by atoms with Crippen molar-refractivity contribution in [3.63, 3.8) is 0 Å². The fourth-order valence-electron chi connectivity index (χ4n) is 6.11. The molecule has 0 spiro atoms. The van der Waals surface area contributed by atoms with Gasteiger partial charge < -0.3 is 10.2 Å². The molecule has 224 valence electrons. The Morgan fingerprint density at radius 1 is 1.02 bits per heavy atom. The molecule has 1 aliphatic heterocycles. The van der Waals surface area contributed by atoms with E-state index in [0.29, 0.717) is 29.9 Å². The van der Waals surface area contributed by atoms with E-state index in [-0.39, 0.29) is 35.6 Å². The Bertz CT molecular complexity index is 1660. The number of benzene rings is 2. The first-order chi connectivity index (χ1) is 20.5. The molecule has 0 saturated carbocycles. The summed E-state index contributed by atoms with van der Waals surface area (Å²) in [5, 5.41) is 8.37. The van der Waals surface area contributed by atoms with Crippen molar-refractivity contribution in [3.05, 3.63) is 77.5 Å². The lowest BCUT2D eigenvalue weighted by atomic mass is 9.84. The van der Waals surface area contributed by atoms with Crippen LogP contribution in [0.3, 0.4) is 0 Å². The zero-order chi connectivity index (χ0) is 30.9. The zero-order valence-corrected chi connectivity index (χ0v) is 25.8. The van der Waals surface area contributed by atoms with Crippen LogP contribution in [0.15, 0.2) is 54.9 Å². The Kier molecular flexibility index (Phi) is 8.44. The summed E-state index contributed by atoms with van der Waals surface area (Å²) < 4.78 is 1.62. The average Bonchev–Trinajstić information content (AvgIpc) is 3.46. The summed E-state index contributed by atoms with van der Waals surface area (Å²) >= 11 is 0. The van der Waals surface area contributed by atoms with E-state index in [2.05, 4.69) is 46.4 Å². The Labute approximate surface area is 252 Å². The minimum Gasteiger partial charge on any atom is -0.354 e. The van der Waals surface area contributed by atoms with E-state index in [9.17, 15) is 14.4 Å². The van der Waals surface area contributed by atoms with E-state index in [1.54, 1.807) is 22.0 Å². The molecule has 0 radical (unpaired) electrons. The van der Waals surface area contributed by atoms with Gasteiger partial charge in [0.05, 0.1) is 5.52 Å². The van der Waals surface area contributed by atoms with E-state index in [0.717, 1.165) is 35.0 Å². The molecular formula is C34H40N6O3. The third-order valence-electron chi connectivity index (χ3n) is 8.75. The molecule has 43 heavy (non-hydrogen) atoms. The highest BCUT2D eigenvalue weighted by Crippen LogP contribution is 2.40. The molecule has 3 heterocycles. The van der Waals surface area contributed by atoms with Crippen molar-refractivity contribution in [1.82, 2.24) is 30.0 Å². The van der Waals surface area contributed by atoms with Crippen molar-refractivity contribution >= 4 is 28.5 Å². The van der Waals surface area contributed by atoms with Gasteiger partial charge >= 0.3 is 0 Å². The van der Waals surface area contributed by atoms with Gasteiger partial charge in [-0.2, -0.15) is 5.10 Å². The quantitative estimate of drug-likeness (QED) is 0.219. The number of fused-ring (bicyclic) bond motifs is 1. The second-order valence-electron chi connectivity index (χ2n) is 12.3. The Hall–Kier alpha value is -4.40. The zero-order valence-electron chi connectivity index (χ0n) is 25.8. The van der Waals surface area contributed by atoms with Gasteiger partial charge in [-0.1, -0.05) is 44.2 Å². The van der Waals surface area contributed by atoms with Crippen LogP contribution in [0.1, 0.15) is 68.0 Å². The topological polar surface area (TPSA) is 110 Å². The number of nitrogens with one attached hydrogen (secondary N) is 1. The Morgan fingerprint density at radius 2 is 1.72 bits per heavy atom. The van der Waals surface area contributed by atoms with E-state index < -0.39 is 6.04 Å². The number of likely N-dealkylation sites (tertiary alicyclic amines) is 1. The second kappa shape index (κ2) is 12.1. The SMILES string of the molecule is CC(=O)c1nn(CC(=O)N2[C@H](C(=O)NCCCc3ccccc3)CC(C)(C)[C@H]2C)c2c(C)cc(-c3cnc(C)nc3)cc12. The molecule has 0 bridgehead atoms. The monoisotopic (exact) mass is 580 g/mol. The summed E-state index contributed by atoms with van der Waals surface area (Å²) in [7, 11) is 0. The number of hydrogen-bond donors (Lipinski definition) is 1. The molecule has 1 aliphatic rings. The van der Waals surface area contributed by atoms with Crippen molar-refractivity contribution in [2.24, 2.45) is 5.41 Å². The summed E-state index contributed by atoms with van der Waals surface area (Å²) in [5.41, 5.74) is 4.61. The van der Waals surface area contributed by atoms with Crippen molar-refractivity contribution in [3.8, 4) is 11.1 Å². The Morgan fingerprint density at radius 3 is 2.40 bits per heavy atom. The molecule has 1 saturated heterocycles. The van der Waals surface area contributed by atoms with Gasteiger partial charge in [-0.15, -0.1) is 0 Å². The van der Waals surface area contributed by atoms with E-state index in [1.165, 1.54) is 12.5 Å². The number of amides is 2. The second-order valence-corrected chi connectivity index (χ2v) is 12.3. The predicted molar refractivity (Wildman–Crippen MR) is 167 cm³/mol. The van der Waals surface area contributed by atoms with E-state index >= 15 is 0 Å². The third kappa shape index (κ3) is 6.21. The number of nitrogens with zero attached hydrogens (tertiary/aromatic N) is 5. The fraction of sp³-hybridized carbons (Fsp3) is 0.412. The van der Waals surface area contributed by atoms with Crippen LogP contribution >= 0.6 is 0 Å². The van der Waals surface area contributed by atoms with Gasteiger partial charge in [0.2, 0.25) is 11.8 Å². The number of Topliss-reactive ketones (excluding diaryl/α,β-unsaturated/α-hetero) is 1. The lowest BCUT2D eigenvalue weighted by molar-refractivity contribution is -0.141. The maximum absolute atomic E-state index is 14.0. The first-order valence-corrected chi connectivity index (χ1v) is 14.9. The minimum absolute atomic E-state index is 0.0736. The largest absolute Gasteiger partial charge is 0.354 e. The highest BCUT2D eigenvalue weighted by molar-refractivity contribution is 6.07. The summed E-state index contributed by atoms with van der Waals surface area (Å²) in [6.07, 6.45) is 5.78. The average molecular weight is 581 g/mol. The molecule has 0 unspecified atom stereocenters. The number of carbonyl (C=O) groups is 3. The molecule has 2 amide bonds. The Balaban J connectivity index is 1.38. The van der Waals surface area contributed by atoms with Gasteiger partial charge in [-0.25, -0.2) is 9.97 Å². The van der Waals surface area contributed by atoms with Crippen LogP contribution in [0, 0.1) is 19.3 Å². The maximum atomic E-state index is 14.0. The molecule has 1 fully saturated rings. The number of hydrogen-bond acceptors (Lipinski definition) is 6. The van der Waals surface area contributed by atoms with Crippen LogP contribution in [0.25, 0.3) is 22.0 Å². The highest BCUT2D eigenvalue weighted by Gasteiger charge is 2.49. The van der Waals surface area contributed by atoms with Crippen molar-refractivity contribution < 1.29 is 14.4 Å². The van der Waals surface area contributed by atoms with Gasteiger partial charge in [0.15, 0.2) is 5.78 Å². The van der Waals surface area contributed by atoms with E-state index in [4.69, 9.17) is 0 Å². The van der Waals surface area contributed by atoms with Crippen LogP contribution in [0.5, 0.6) is 0 Å². The highest BCUT2D eigenvalue weighted by atomic mass is 16.2. The summed E-state index contributed by atoms with van der Waals surface area (Å²) in [6, 6.07) is 13.4. The van der Waals surface area contributed by atoms with Gasteiger partial charge in [0.25, 0.3) is 0 Å². The molecule has 9 heteroatoms. The number of rotatable bonds is 9. The first-order valence-electron chi connectivity index (χ1n) is 14.9. The third-order valence-corrected chi connectivity index (χ3v) is 8.75. The standard InChI is InChI=1S/C34H40N6O3/c1-21-15-26(27-18-36-24(4)37-19-27)16-28-31(22(2)41)38-39(32(21)28)20-30(42)40-23(3)34(5,6)17-29(40)33(43)35-14-10-13-25-11-8-7-9-12-25/h7-9,11-12,15-16,18-19,23,29H,10,13-14,17,20H2,1-6H3,(H,35,43)/t23-,29+/m1/s1. The molecule has 0 aliphatic carbocycles.